The lowest BCUT2D eigenvalue weighted by atomic mass is 9.94. The third kappa shape index (κ3) is 2.59. The molecule has 3 heteroatoms. The van der Waals surface area contributed by atoms with Gasteiger partial charge in [0.05, 0.1) is 11.6 Å². The summed E-state index contributed by atoms with van der Waals surface area (Å²) in [6.07, 6.45) is 5.57. The largest absolute Gasteiger partial charge is 0.478 e. The van der Waals surface area contributed by atoms with Gasteiger partial charge >= 0.3 is 0 Å². The van der Waals surface area contributed by atoms with E-state index < -0.39 is 0 Å². The van der Waals surface area contributed by atoms with Crippen LogP contribution < -0.4 is 0 Å². The van der Waals surface area contributed by atoms with Crippen LogP contribution in [0.25, 0.3) is 0 Å². The number of allylic oxidation sites excluding steroid dienone is 1. The lowest BCUT2D eigenvalue weighted by molar-refractivity contribution is 0.187. The summed E-state index contributed by atoms with van der Waals surface area (Å²) in [5, 5.41) is 9.78. The Labute approximate surface area is 90.9 Å². The number of hydrogen-bond donors (Lipinski definition) is 1. The van der Waals surface area contributed by atoms with Gasteiger partial charge in [-0.2, -0.15) is 0 Å². The second-order valence-corrected chi connectivity index (χ2v) is 5.01. The smallest absolute Gasteiger partial charge is 0.188 e. The van der Waals surface area contributed by atoms with Crippen molar-refractivity contribution >= 4 is 5.90 Å². The minimum Gasteiger partial charge on any atom is -0.478 e. The van der Waals surface area contributed by atoms with Crippen LogP contribution in [0.5, 0.6) is 0 Å². The Morgan fingerprint density at radius 2 is 2.40 bits per heavy atom. The van der Waals surface area contributed by atoms with Crippen LogP contribution in [0.3, 0.4) is 0 Å². The van der Waals surface area contributed by atoms with E-state index in [4.69, 9.17) is 4.74 Å². The van der Waals surface area contributed by atoms with E-state index in [1.54, 1.807) is 0 Å². The third-order valence-corrected chi connectivity index (χ3v) is 2.89. The van der Waals surface area contributed by atoms with Crippen LogP contribution in [0, 0.1) is 0 Å². The van der Waals surface area contributed by atoms with E-state index in [9.17, 15) is 5.11 Å². The Hall–Kier alpha value is -0.830. The number of aliphatic imine (C=N–C) groups is 1. The van der Waals surface area contributed by atoms with Crippen molar-refractivity contribution in [1.82, 2.24) is 0 Å². The Bertz CT molecular complexity index is 305. The van der Waals surface area contributed by atoms with Crippen molar-refractivity contribution in [3.8, 4) is 0 Å². The molecule has 0 aromatic heterocycles. The zero-order valence-corrected chi connectivity index (χ0v) is 9.49. The maximum absolute atomic E-state index is 9.78. The predicted molar refractivity (Wildman–Crippen MR) is 60.0 cm³/mol. The van der Waals surface area contributed by atoms with Crippen LogP contribution in [0.15, 0.2) is 16.6 Å². The van der Waals surface area contributed by atoms with Crippen LogP contribution in [0.2, 0.25) is 0 Å². The first kappa shape index (κ1) is 10.7. The molecule has 1 N–H and O–H groups in total. The summed E-state index contributed by atoms with van der Waals surface area (Å²) in [4.78, 5) is 4.49. The Balaban J connectivity index is 2.00. The summed E-state index contributed by atoms with van der Waals surface area (Å²) >= 11 is 0. The number of ether oxygens (including phenoxy) is 1. The Morgan fingerprint density at radius 3 is 3.00 bits per heavy atom. The average Bonchev–Trinajstić information content (AvgIpc) is 2.50. The fourth-order valence-corrected chi connectivity index (χ4v) is 2.04. The molecule has 0 spiro atoms. The summed E-state index contributed by atoms with van der Waals surface area (Å²) in [6, 6.07) is 0. The van der Waals surface area contributed by atoms with Gasteiger partial charge in [-0.25, -0.2) is 4.99 Å². The molecular weight excluding hydrogens is 190 g/mol. The van der Waals surface area contributed by atoms with Crippen LogP contribution in [-0.2, 0) is 4.74 Å². The topological polar surface area (TPSA) is 41.8 Å². The minimum atomic E-state index is -0.284. The van der Waals surface area contributed by atoms with Crippen LogP contribution in [0.4, 0.5) is 0 Å². The first-order valence-corrected chi connectivity index (χ1v) is 5.65. The first-order valence-electron chi connectivity index (χ1n) is 5.65. The van der Waals surface area contributed by atoms with Crippen molar-refractivity contribution in [2.24, 2.45) is 4.99 Å². The molecule has 1 unspecified atom stereocenters. The maximum atomic E-state index is 9.78. The Morgan fingerprint density at radius 1 is 1.60 bits per heavy atom. The van der Waals surface area contributed by atoms with Gasteiger partial charge in [0.2, 0.25) is 0 Å². The molecule has 0 amide bonds. The van der Waals surface area contributed by atoms with Gasteiger partial charge in [0.1, 0.15) is 6.61 Å². The number of aliphatic hydroxyl groups excluding tert-OH is 1. The molecule has 2 aliphatic rings. The fraction of sp³-hybridized carbons (Fsp3) is 0.750. The Kier molecular flexibility index (Phi) is 2.83. The van der Waals surface area contributed by atoms with Crippen LogP contribution >= 0.6 is 0 Å². The van der Waals surface area contributed by atoms with Gasteiger partial charge < -0.3 is 9.84 Å². The molecule has 0 bridgehead atoms. The lowest BCUT2D eigenvalue weighted by Crippen LogP contribution is -2.17. The molecular formula is C12H19NO2. The standard InChI is InChI=1S/C12H19NO2/c1-12(2)8-15-11(13-12)7-9-5-3-4-6-10(9)14/h5,10,14H,3-4,6-8H2,1-2H3. The number of nitrogens with zero attached hydrogens (tertiary/aromatic N) is 1. The SMILES string of the molecule is CC1(C)COC(CC2=CCCCC2O)=N1. The van der Waals surface area contributed by atoms with Gasteiger partial charge in [0.25, 0.3) is 0 Å². The van der Waals surface area contributed by atoms with E-state index in [2.05, 4.69) is 24.9 Å². The molecule has 1 aliphatic carbocycles. The van der Waals surface area contributed by atoms with Crippen molar-refractivity contribution < 1.29 is 9.84 Å². The van der Waals surface area contributed by atoms with E-state index in [0.29, 0.717) is 13.0 Å². The van der Waals surface area contributed by atoms with Crippen molar-refractivity contribution in [3.63, 3.8) is 0 Å². The van der Waals surface area contributed by atoms with E-state index >= 15 is 0 Å². The number of hydrogen-bond acceptors (Lipinski definition) is 3. The second-order valence-electron chi connectivity index (χ2n) is 5.01. The van der Waals surface area contributed by atoms with E-state index in [-0.39, 0.29) is 11.6 Å². The van der Waals surface area contributed by atoms with E-state index in [1.807, 2.05) is 0 Å². The van der Waals surface area contributed by atoms with Crippen molar-refractivity contribution in [2.75, 3.05) is 6.61 Å². The highest BCUT2D eigenvalue weighted by atomic mass is 16.5. The zero-order chi connectivity index (χ0) is 10.9. The van der Waals surface area contributed by atoms with Crippen molar-refractivity contribution in [2.45, 2.75) is 51.2 Å². The third-order valence-electron chi connectivity index (χ3n) is 2.89. The molecule has 0 aromatic rings. The molecule has 84 valence electrons. The molecule has 0 saturated heterocycles. The molecule has 2 rings (SSSR count). The van der Waals surface area contributed by atoms with Gasteiger partial charge in [0.15, 0.2) is 5.90 Å². The van der Waals surface area contributed by atoms with Crippen molar-refractivity contribution in [3.05, 3.63) is 11.6 Å². The summed E-state index contributed by atoms with van der Waals surface area (Å²) in [6.45, 7) is 4.78. The van der Waals surface area contributed by atoms with Crippen LogP contribution in [-0.4, -0.2) is 29.3 Å². The maximum Gasteiger partial charge on any atom is 0.188 e. The van der Waals surface area contributed by atoms with Gasteiger partial charge in [-0.1, -0.05) is 6.08 Å². The van der Waals surface area contributed by atoms with Crippen LogP contribution in [0.1, 0.15) is 39.5 Å². The molecule has 15 heavy (non-hydrogen) atoms. The molecule has 0 fully saturated rings. The quantitative estimate of drug-likeness (QED) is 0.707. The number of rotatable bonds is 2. The van der Waals surface area contributed by atoms with Gasteiger partial charge in [-0.15, -0.1) is 0 Å². The highest BCUT2D eigenvalue weighted by Gasteiger charge is 2.27. The fourth-order valence-electron chi connectivity index (χ4n) is 2.04. The monoisotopic (exact) mass is 209 g/mol. The summed E-state index contributed by atoms with van der Waals surface area (Å²) < 4.78 is 5.52. The van der Waals surface area contributed by atoms with Gasteiger partial charge in [-0.3, -0.25) is 0 Å². The molecule has 0 aromatic carbocycles. The highest BCUT2D eigenvalue weighted by Crippen LogP contribution is 2.25. The first-order chi connectivity index (χ1) is 7.07. The molecule has 0 saturated carbocycles. The summed E-state index contributed by atoms with van der Waals surface area (Å²) in [5.74, 6) is 0.784. The van der Waals surface area contributed by atoms with E-state index in [0.717, 1.165) is 30.7 Å². The number of aliphatic hydroxyl groups is 1. The van der Waals surface area contributed by atoms with E-state index in [1.165, 1.54) is 0 Å². The normalized spacial score (nSPS) is 29.4. The molecule has 0 radical (unpaired) electrons. The predicted octanol–water partition coefficient (Wildman–Crippen LogP) is 2.06. The molecule has 1 aliphatic heterocycles. The molecule has 3 nitrogen and oxygen atoms in total. The lowest BCUT2D eigenvalue weighted by Gasteiger charge is -2.18. The zero-order valence-electron chi connectivity index (χ0n) is 9.49. The minimum absolute atomic E-state index is 0.0878. The molecule has 1 atom stereocenters. The highest BCUT2D eigenvalue weighted by molar-refractivity contribution is 5.80. The van der Waals surface area contributed by atoms with Crippen molar-refractivity contribution in [1.29, 1.82) is 0 Å². The second kappa shape index (κ2) is 3.97. The average molecular weight is 209 g/mol. The molecule has 1 heterocycles. The van der Waals surface area contributed by atoms with Gasteiger partial charge in [0, 0.05) is 6.42 Å². The summed E-state index contributed by atoms with van der Waals surface area (Å²) in [5.41, 5.74) is 0.993. The van der Waals surface area contributed by atoms with Gasteiger partial charge in [-0.05, 0) is 38.7 Å². The summed E-state index contributed by atoms with van der Waals surface area (Å²) in [7, 11) is 0.